The molecule has 0 spiro atoms. The Morgan fingerprint density at radius 1 is 1.24 bits per heavy atom. The first-order valence-electron chi connectivity index (χ1n) is 7.20. The predicted octanol–water partition coefficient (Wildman–Crippen LogP) is 2.46. The average molecular weight is 351 g/mol. The Bertz CT molecular complexity index is 806. The zero-order chi connectivity index (χ0) is 18.0. The number of aromatic nitrogens is 1. The van der Waals surface area contributed by atoms with E-state index in [0.29, 0.717) is 5.75 Å². The maximum Gasteiger partial charge on any atom is 0.416 e. The molecule has 130 valence electrons. The van der Waals surface area contributed by atoms with Crippen LogP contribution in [0.4, 0.5) is 24.7 Å². The number of alkyl halides is 3. The summed E-state index contributed by atoms with van der Waals surface area (Å²) in [7, 11) is 0. The number of hydrogen-bond donors (Lipinski definition) is 1. The van der Waals surface area contributed by atoms with Gasteiger partial charge in [-0.15, -0.1) is 0 Å². The highest BCUT2D eigenvalue weighted by atomic mass is 19.4. The summed E-state index contributed by atoms with van der Waals surface area (Å²) < 4.78 is 42.8. The number of rotatable bonds is 3. The lowest BCUT2D eigenvalue weighted by Gasteiger charge is -2.27. The zero-order valence-electron chi connectivity index (χ0n) is 12.7. The van der Waals surface area contributed by atoms with Crippen LogP contribution in [0, 0.1) is 0 Å². The number of halogens is 3. The molecule has 2 aromatic rings. The largest absolute Gasteiger partial charge is 0.480 e. The number of anilines is 2. The molecule has 0 aliphatic carbocycles. The van der Waals surface area contributed by atoms with Crippen molar-refractivity contribution in [2.45, 2.75) is 6.18 Å². The van der Waals surface area contributed by atoms with Gasteiger partial charge in [-0.25, -0.2) is 4.98 Å². The molecule has 1 aliphatic heterocycles. The number of benzene rings is 1. The topological polar surface area (TPSA) is 71.5 Å². The molecule has 0 radical (unpaired) electrons. The lowest BCUT2D eigenvalue weighted by molar-refractivity contribution is -0.137. The van der Waals surface area contributed by atoms with Gasteiger partial charge in [-0.2, -0.15) is 13.2 Å². The summed E-state index contributed by atoms with van der Waals surface area (Å²) in [6, 6.07) is 7.28. The second kappa shape index (κ2) is 6.42. The number of carbonyl (C=O) groups excluding carboxylic acids is 2. The van der Waals surface area contributed by atoms with Crippen LogP contribution in [0.1, 0.15) is 5.56 Å². The molecule has 1 aromatic heterocycles. The number of hydrogen-bond acceptors (Lipinski definition) is 4. The van der Waals surface area contributed by atoms with Crippen LogP contribution in [0.2, 0.25) is 0 Å². The number of pyridine rings is 1. The summed E-state index contributed by atoms with van der Waals surface area (Å²) in [5, 5.41) is 2.45. The van der Waals surface area contributed by atoms with Gasteiger partial charge in [0.1, 0.15) is 6.54 Å². The van der Waals surface area contributed by atoms with Gasteiger partial charge in [0.2, 0.25) is 5.91 Å². The Hall–Kier alpha value is -3.10. The third-order valence-electron chi connectivity index (χ3n) is 3.46. The molecule has 0 saturated carbocycles. The van der Waals surface area contributed by atoms with E-state index in [4.69, 9.17) is 4.74 Å². The van der Waals surface area contributed by atoms with Crippen LogP contribution in [0.25, 0.3) is 0 Å². The van der Waals surface area contributed by atoms with Crippen molar-refractivity contribution in [1.82, 2.24) is 4.98 Å². The van der Waals surface area contributed by atoms with Crippen molar-refractivity contribution >= 4 is 23.3 Å². The molecule has 2 amide bonds. The van der Waals surface area contributed by atoms with Gasteiger partial charge < -0.3 is 10.1 Å². The number of nitrogens with zero attached hydrogens (tertiary/aromatic N) is 2. The van der Waals surface area contributed by atoms with E-state index in [1.165, 1.54) is 6.20 Å². The molecular formula is C16H12F3N3O3. The number of amides is 2. The molecule has 0 fully saturated rings. The average Bonchev–Trinajstić information content (AvgIpc) is 2.57. The lowest BCUT2D eigenvalue weighted by Crippen LogP contribution is -2.43. The molecule has 0 bridgehead atoms. The summed E-state index contributed by atoms with van der Waals surface area (Å²) in [5.41, 5.74) is -0.619. The second-order valence-corrected chi connectivity index (χ2v) is 5.22. The van der Waals surface area contributed by atoms with Gasteiger partial charge in [0, 0.05) is 11.9 Å². The van der Waals surface area contributed by atoms with Gasteiger partial charge in [-0.05, 0) is 36.4 Å². The van der Waals surface area contributed by atoms with Crippen LogP contribution in [-0.2, 0) is 15.8 Å². The van der Waals surface area contributed by atoms with Crippen molar-refractivity contribution in [2.75, 3.05) is 23.4 Å². The monoisotopic (exact) mass is 351 g/mol. The van der Waals surface area contributed by atoms with Gasteiger partial charge in [-0.1, -0.05) is 0 Å². The first kappa shape index (κ1) is 16.7. The van der Waals surface area contributed by atoms with Crippen molar-refractivity contribution < 1.29 is 27.5 Å². The zero-order valence-corrected chi connectivity index (χ0v) is 12.7. The van der Waals surface area contributed by atoms with Gasteiger partial charge >= 0.3 is 6.18 Å². The van der Waals surface area contributed by atoms with Gasteiger partial charge in [0.15, 0.2) is 18.2 Å². The van der Waals surface area contributed by atoms with E-state index in [0.717, 1.165) is 29.2 Å². The molecule has 1 N–H and O–H groups in total. The number of nitrogens with one attached hydrogen (secondary N) is 1. The Labute approximate surface area is 140 Å². The van der Waals surface area contributed by atoms with E-state index in [1.807, 2.05) is 0 Å². The van der Waals surface area contributed by atoms with E-state index < -0.39 is 23.6 Å². The van der Waals surface area contributed by atoms with E-state index in [2.05, 4.69) is 10.3 Å². The Balaban J connectivity index is 1.70. The van der Waals surface area contributed by atoms with Crippen LogP contribution in [0.3, 0.4) is 0 Å². The molecule has 3 rings (SSSR count). The molecule has 1 aromatic carbocycles. The van der Waals surface area contributed by atoms with Crippen molar-refractivity contribution in [3.63, 3.8) is 0 Å². The Kier molecular flexibility index (Phi) is 4.30. The minimum Gasteiger partial charge on any atom is -0.480 e. The SMILES string of the molecule is O=C(CN1C(=O)COc2cccnc21)Nc1ccc(C(F)(F)F)cc1. The highest BCUT2D eigenvalue weighted by molar-refractivity contribution is 6.04. The molecule has 25 heavy (non-hydrogen) atoms. The van der Waals surface area contributed by atoms with Gasteiger partial charge in [-0.3, -0.25) is 14.5 Å². The summed E-state index contributed by atoms with van der Waals surface area (Å²) in [5.74, 6) is -0.397. The van der Waals surface area contributed by atoms with E-state index in [1.54, 1.807) is 12.1 Å². The van der Waals surface area contributed by atoms with Crippen LogP contribution < -0.4 is 15.0 Å². The molecule has 6 nitrogen and oxygen atoms in total. The number of carbonyl (C=O) groups is 2. The molecule has 0 atom stereocenters. The number of ether oxygens (including phenoxy) is 1. The van der Waals surface area contributed by atoms with E-state index >= 15 is 0 Å². The third kappa shape index (κ3) is 3.70. The third-order valence-corrected chi connectivity index (χ3v) is 3.46. The normalized spacial score (nSPS) is 13.9. The highest BCUT2D eigenvalue weighted by Gasteiger charge is 2.30. The van der Waals surface area contributed by atoms with Crippen LogP contribution >= 0.6 is 0 Å². The molecule has 9 heteroatoms. The van der Waals surface area contributed by atoms with Crippen LogP contribution in [0.15, 0.2) is 42.6 Å². The maximum absolute atomic E-state index is 12.5. The predicted molar refractivity (Wildman–Crippen MR) is 82.2 cm³/mol. The van der Waals surface area contributed by atoms with Crippen molar-refractivity contribution in [2.24, 2.45) is 0 Å². The smallest absolute Gasteiger partial charge is 0.416 e. The highest BCUT2D eigenvalue weighted by Crippen LogP contribution is 2.30. The van der Waals surface area contributed by atoms with E-state index in [-0.39, 0.29) is 24.7 Å². The summed E-state index contributed by atoms with van der Waals surface area (Å²) in [4.78, 5) is 29.3. The first-order chi connectivity index (χ1) is 11.8. The minimum absolute atomic E-state index is 0.194. The Morgan fingerprint density at radius 3 is 2.64 bits per heavy atom. The minimum atomic E-state index is -4.45. The van der Waals surface area contributed by atoms with Crippen molar-refractivity contribution in [3.8, 4) is 5.75 Å². The molecule has 0 unspecified atom stereocenters. The summed E-state index contributed by atoms with van der Waals surface area (Å²) in [6.07, 6.45) is -2.99. The van der Waals surface area contributed by atoms with Crippen LogP contribution in [-0.4, -0.2) is 29.9 Å². The molecule has 2 heterocycles. The number of fused-ring (bicyclic) bond motifs is 1. The lowest BCUT2D eigenvalue weighted by atomic mass is 10.2. The molecule has 1 aliphatic rings. The fraction of sp³-hybridized carbons (Fsp3) is 0.188. The fourth-order valence-corrected chi connectivity index (χ4v) is 2.28. The van der Waals surface area contributed by atoms with Gasteiger partial charge in [0.25, 0.3) is 5.91 Å². The van der Waals surface area contributed by atoms with Gasteiger partial charge in [0.05, 0.1) is 5.56 Å². The molecular weight excluding hydrogens is 339 g/mol. The molecule has 0 saturated heterocycles. The standard InChI is InChI=1S/C16H12F3N3O3/c17-16(18,19)10-3-5-11(6-4-10)21-13(23)8-22-14(24)9-25-12-2-1-7-20-15(12)22/h1-7H,8-9H2,(H,21,23). The summed E-state index contributed by atoms with van der Waals surface area (Å²) >= 11 is 0. The second-order valence-electron chi connectivity index (χ2n) is 5.22. The Morgan fingerprint density at radius 2 is 1.96 bits per heavy atom. The summed E-state index contributed by atoms with van der Waals surface area (Å²) in [6.45, 7) is -0.542. The maximum atomic E-state index is 12.5. The van der Waals surface area contributed by atoms with Crippen molar-refractivity contribution in [3.05, 3.63) is 48.2 Å². The van der Waals surface area contributed by atoms with E-state index in [9.17, 15) is 22.8 Å². The van der Waals surface area contributed by atoms with Crippen molar-refractivity contribution in [1.29, 1.82) is 0 Å². The quantitative estimate of drug-likeness (QED) is 0.922. The fourth-order valence-electron chi connectivity index (χ4n) is 2.28. The van der Waals surface area contributed by atoms with Crippen LogP contribution in [0.5, 0.6) is 5.75 Å². The first-order valence-corrected chi connectivity index (χ1v) is 7.20.